The summed E-state index contributed by atoms with van der Waals surface area (Å²) in [5, 5.41) is 2.64. The molecule has 0 fully saturated rings. The third kappa shape index (κ3) is 2.57. The maximum absolute atomic E-state index is 11.1. The standard InChI is InChI=1S/C14H14ClNOS/c1-10(14-4-3-7-18-14)16(2)13-6-5-12(15)8-11(13)9-17/h3-10H,1-2H3. The van der Waals surface area contributed by atoms with Crippen molar-refractivity contribution in [3.05, 3.63) is 51.2 Å². The fourth-order valence-electron chi connectivity index (χ4n) is 1.87. The van der Waals surface area contributed by atoms with Gasteiger partial charge in [-0.15, -0.1) is 11.3 Å². The van der Waals surface area contributed by atoms with E-state index in [2.05, 4.69) is 23.3 Å². The summed E-state index contributed by atoms with van der Waals surface area (Å²) in [5.41, 5.74) is 1.52. The molecule has 18 heavy (non-hydrogen) atoms. The lowest BCUT2D eigenvalue weighted by atomic mass is 10.1. The lowest BCUT2D eigenvalue weighted by Crippen LogP contribution is -2.22. The Kier molecular flexibility index (Phi) is 4.04. The summed E-state index contributed by atoms with van der Waals surface area (Å²) >= 11 is 7.62. The summed E-state index contributed by atoms with van der Waals surface area (Å²) in [7, 11) is 1.99. The maximum Gasteiger partial charge on any atom is 0.152 e. The minimum Gasteiger partial charge on any atom is -0.366 e. The number of aldehydes is 1. The second-order valence-corrected chi connectivity index (χ2v) is 5.54. The van der Waals surface area contributed by atoms with Gasteiger partial charge in [0.15, 0.2) is 6.29 Å². The van der Waals surface area contributed by atoms with Crippen LogP contribution in [-0.4, -0.2) is 13.3 Å². The van der Waals surface area contributed by atoms with E-state index in [-0.39, 0.29) is 6.04 Å². The number of hydrogen-bond donors (Lipinski definition) is 0. The molecule has 1 unspecified atom stereocenters. The molecule has 2 rings (SSSR count). The Morgan fingerprint density at radius 2 is 2.17 bits per heavy atom. The second-order valence-electron chi connectivity index (χ2n) is 4.12. The molecule has 1 atom stereocenters. The van der Waals surface area contributed by atoms with Gasteiger partial charge in [0.1, 0.15) is 0 Å². The smallest absolute Gasteiger partial charge is 0.152 e. The van der Waals surface area contributed by atoms with Crippen LogP contribution in [-0.2, 0) is 0 Å². The van der Waals surface area contributed by atoms with Crippen molar-refractivity contribution in [1.82, 2.24) is 0 Å². The molecule has 0 amide bonds. The SMILES string of the molecule is CC(c1cccs1)N(C)c1ccc(Cl)cc1C=O. The summed E-state index contributed by atoms with van der Waals surface area (Å²) < 4.78 is 0. The highest BCUT2D eigenvalue weighted by molar-refractivity contribution is 7.10. The molecule has 1 aromatic carbocycles. The zero-order valence-electron chi connectivity index (χ0n) is 10.3. The van der Waals surface area contributed by atoms with Crippen LogP contribution in [0.25, 0.3) is 0 Å². The lowest BCUT2D eigenvalue weighted by Gasteiger charge is -2.27. The van der Waals surface area contributed by atoms with Crippen LogP contribution < -0.4 is 4.90 Å². The van der Waals surface area contributed by atoms with E-state index in [4.69, 9.17) is 11.6 Å². The number of rotatable bonds is 4. The molecular formula is C14H14ClNOS. The van der Waals surface area contributed by atoms with Crippen LogP contribution in [0.5, 0.6) is 0 Å². The maximum atomic E-state index is 11.1. The fraction of sp³-hybridized carbons (Fsp3) is 0.214. The molecule has 0 spiro atoms. The van der Waals surface area contributed by atoms with Gasteiger partial charge in [-0.05, 0) is 36.6 Å². The van der Waals surface area contributed by atoms with Crippen molar-refractivity contribution in [2.45, 2.75) is 13.0 Å². The third-order valence-electron chi connectivity index (χ3n) is 3.03. The number of benzene rings is 1. The molecule has 0 N–H and O–H groups in total. The zero-order chi connectivity index (χ0) is 13.1. The summed E-state index contributed by atoms with van der Waals surface area (Å²) in [4.78, 5) is 14.5. The van der Waals surface area contributed by atoms with Crippen LogP contribution in [0.1, 0.15) is 28.2 Å². The molecular weight excluding hydrogens is 266 g/mol. The Bertz CT molecular complexity index is 539. The van der Waals surface area contributed by atoms with E-state index in [1.54, 1.807) is 17.4 Å². The van der Waals surface area contributed by atoms with Crippen molar-refractivity contribution < 1.29 is 4.79 Å². The van der Waals surface area contributed by atoms with Gasteiger partial charge in [0.25, 0.3) is 0 Å². The highest BCUT2D eigenvalue weighted by Gasteiger charge is 2.16. The predicted octanol–water partition coefficient (Wildman–Crippen LogP) is 4.41. The summed E-state index contributed by atoms with van der Waals surface area (Å²) in [5.74, 6) is 0. The minimum atomic E-state index is 0.227. The molecule has 1 aromatic heterocycles. The minimum absolute atomic E-state index is 0.227. The van der Waals surface area contributed by atoms with E-state index in [1.165, 1.54) is 4.88 Å². The van der Waals surface area contributed by atoms with E-state index in [0.717, 1.165) is 12.0 Å². The molecule has 4 heteroatoms. The molecule has 0 saturated carbocycles. The summed E-state index contributed by atoms with van der Waals surface area (Å²) in [6, 6.07) is 9.75. The Hall–Kier alpha value is -1.32. The third-order valence-corrected chi connectivity index (χ3v) is 4.31. The van der Waals surface area contributed by atoms with E-state index in [0.29, 0.717) is 10.6 Å². The van der Waals surface area contributed by atoms with E-state index in [9.17, 15) is 4.79 Å². The van der Waals surface area contributed by atoms with Gasteiger partial charge < -0.3 is 4.90 Å². The molecule has 2 aromatic rings. The highest BCUT2D eigenvalue weighted by atomic mass is 35.5. The first-order valence-corrected chi connectivity index (χ1v) is 6.90. The number of hydrogen-bond acceptors (Lipinski definition) is 3. The normalized spacial score (nSPS) is 12.2. The molecule has 1 heterocycles. The zero-order valence-corrected chi connectivity index (χ0v) is 11.8. The van der Waals surface area contributed by atoms with E-state index < -0.39 is 0 Å². The van der Waals surface area contributed by atoms with Gasteiger partial charge in [-0.25, -0.2) is 0 Å². The van der Waals surface area contributed by atoms with E-state index in [1.807, 2.05) is 25.2 Å². The van der Waals surface area contributed by atoms with Crippen LogP contribution in [0.2, 0.25) is 5.02 Å². The molecule has 0 aliphatic carbocycles. The monoisotopic (exact) mass is 279 g/mol. The molecule has 94 valence electrons. The van der Waals surface area contributed by atoms with Crippen molar-refractivity contribution in [2.75, 3.05) is 11.9 Å². The number of halogens is 1. The van der Waals surface area contributed by atoms with Crippen LogP contribution in [0.4, 0.5) is 5.69 Å². The number of anilines is 1. The van der Waals surface area contributed by atoms with Gasteiger partial charge in [0.05, 0.1) is 6.04 Å². The molecule has 0 bridgehead atoms. The van der Waals surface area contributed by atoms with Crippen molar-refractivity contribution in [1.29, 1.82) is 0 Å². The van der Waals surface area contributed by atoms with Crippen molar-refractivity contribution in [3.63, 3.8) is 0 Å². The van der Waals surface area contributed by atoms with Gasteiger partial charge in [-0.3, -0.25) is 4.79 Å². The first-order chi connectivity index (χ1) is 8.63. The molecule has 0 saturated heterocycles. The Labute approximate surface area is 116 Å². The lowest BCUT2D eigenvalue weighted by molar-refractivity contribution is 0.112. The molecule has 0 radical (unpaired) electrons. The first-order valence-electron chi connectivity index (χ1n) is 5.64. The number of nitrogens with zero attached hydrogens (tertiary/aromatic N) is 1. The first kappa shape index (κ1) is 13.1. The van der Waals surface area contributed by atoms with Gasteiger partial charge in [0.2, 0.25) is 0 Å². The van der Waals surface area contributed by atoms with Crippen LogP contribution >= 0.6 is 22.9 Å². The summed E-state index contributed by atoms with van der Waals surface area (Å²) in [6.07, 6.45) is 0.846. The number of carbonyl (C=O) groups is 1. The van der Waals surface area contributed by atoms with Gasteiger partial charge in [-0.1, -0.05) is 17.7 Å². The number of carbonyl (C=O) groups excluding carboxylic acids is 1. The fourth-order valence-corrected chi connectivity index (χ4v) is 2.88. The topological polar surface area (TPSA) is 20.3 Å². The number of thiophene rings is 1. The van der Waals surface area contributed by atoms with E-state index >= 15 is 0 Å². The average Bonchev–Trinajstić information content (AvgIpc) is 2.90. The van der Waals surface area contributed by atoms with Gasteiger partial charge in [0, 0.05) is 28.2 Å². The molecule has 0 aliphatic heterocycles. The second kappa shape index (κ2) is 5.55. The van der Waals surface area contributed by atoms with Crippen LogP contribution in [0, 0.1) is 0 Å². The Balaban J connectivity index is 2.33. The van der Waals surface area contributed by atoms with Crippen LogP contribution in [0.15, 0.2) is 35.7 Å². The Morgan fingerprint density at radius 1 is 1.39 bits per heavy atom. The van der Waals surface area contributed by atoms with Gasteiger partial charge in [-0.2, -0.15) is 0 Å². The van der Waals surface area contributed by atoms with Gasteiger partial charge >= 0.3 is 0 Å². The average molecular weight is 280 g/mol. The van der Waals surface area contributed by atoms with Crippen molar-refractivity contribution in [3.8, 4) is 0 Å². The highest BCUT2D eigenvalue weighted by Crippen LogP contribution is 2.31. The van der Waals surface area contributed by atoms with Crippen molar-refractivity contribution in [2.24, 2.45) is 0 Å². The summed E-state index contributed by atoms with van der Waals surface area (Å²) in [6.45, 7) is 2.12. The molecule has 2 nitrogen and oxygen atoms in total. The predicted molar refractivity (Wildman–Crippen MR) is 78.0 cm³/mol. The quantitative estimate of drug-likeness (QED) is 0.773. The Morgan fingerprint density at radius 3 is 2.78 bits per heavy atom. The van der Waals surface area contributed by atoms with Crippen molar-refractivity contribution >= 4 is 34.9 Å². The largest absolute Gasteiger partial charge is 0.366 e. The molecule has 0 aliphatic rings. The van der Waals surface area contributed by atoms with Crippen LogP contribution in [0.3, 0.4) is 0 Å².